The summed E-state index contributed by atoms with van der Waals surface area (Å²) in [5.74, 6) is 4.87. The Labute approximate surface area is 88.7 Å². The summed E-state index contributed by atoms with van der Waals surface area (Å²) in [4.78, 5) is 3.99. The molecule has 1 rings (SSSR count). The van der Waals surface area contributed by atoms with Crippen LogP contribution in [0.3, 0.4) is 0 Å². The Morgan fingerprint density at radius 2 is 1.85 bits per heavy atom. The highest BCUT2D eigenvalue weighted by Gasteiger charge is 1.92. The maximum atomic E-state index is 3.99. The van der Waals surface area contributed by atoms with Gasteiger partial charge in [-0.1, -0.05) is 6.92 Å². The summed E-state index contributed by atoms with van der Waals surface area (Å²) in [5, 5.41) is 0. The fraction of sp³-hybridized carbons (Fsp3) is 0.500. The molecule has 0 saturated carbocycles. The van der Waals surface area contributed by atoms with Gasteiger partial charge in [-0.25, -0.2) is 0 Å². The van der Waals surface area contributed by atoms with E-state index in [1.165, 1.54) is 22.8 Å². The molecule has 0 unspecified atom stereocenters. The van der Waals surface area contributed by atoms with Crippen LogP contribution in [0.25, 0.3) is 0 Å². The third-order valence-corrected chi connectivity index (χ3v) is 3.78. The smallest absolute Gasteiger partial charge is 0.0270 e. The second kappa shape index (κ2) is 7.27. The molecule has 0 saturated heterocycles. The van der Waals surface area contributed by atoms with Crippen LogP contribution >= 0.6 is 23.5 Å². The molecule has 0 aliphatic rings. The summed E-state index contributed by atoms with van der Waals surface area (Å²) in [6, 6.07) is 4.17. The van der Waals surface area contributed by atoms with Gasteiger partial charge < -0.3 is 0 Å². The van der Waals surface area contributed by atoms with Crippen molar-refractivity contribution in [3.05, 3.63) is 30.1 Å². The Hall–Kier alpha value is -0.150. The van der Waals surface area contributed by atoms with Gasteiger partial charge in [0.25, 0.3) is 0 Å². The fourth-order valence-corrected chi connectivity index (χ4v) is 2.74. The first kappa shape index (κ1) is 10.9. The molecule has 1 aromatic heterocycles. The van der Waals surface area contributed by atoms with Gasteiger partial charge in [0, 0.05) is 29.7 Å². The Bertz CT molecular complexity index is 213. The van der Waals surface area contributed by atoms with Gasteiger partial charge in [-0.05, 0) is 23.4 Å². The molecule has 0 fully saturated rings. The van der Waals surface area contributed by atoms with Crippen molar-refractivity contribution in [2.45, 2.75) is 12.7 Å². The van der Waals surface area contributed by atoms with E-state index in [1.807, 2.05) is 35.9 Å². The number of hydrogen-bond donors (Lipinski definition) is 0. The molecule has 72 valence electrons. The monoisotopic (exact) mass is 213 g/mol. The number of thioether (sulfide) groups is 2. The van der Waals surface area contributed by atoms with Crippen LogP contribution < -0.4 is 0 Å². The van der Waals surface area contributed by atoms with E-state index in [4.69, 9.17) is 0 Å². The zero-order chi connectivity index (χ0) is 9.36. The molecule has 0 aliphatic carbocycles. The molecule has 13 heavy (non-hydrogen) atoms. The van der Waals surface area contributed by atoms with Gasteiger partial charge in [0.15, 0.2) is 0 Å². The third kappa shape index (κ3) is 5.21. The van der Waals surface area contributed by atoms with E-state index in [0.29, 0.717) is 0 Å². The first-order valence-electron chi connectivity index (χ1n) is 4.48. The standard InChI is InChI=1S/C10H15NS2/c1-2-12-7-8-13-9-10-3-5-11-6-4-10/h3-6H,2,7-9H2,1H3. The lowest BCUT2D eigenvalue weighted by molar-refractivity contribution is 1.27. The summed E-state index contributed by atoms with van der Waals surface area (Å²) in [5.41, 5.74) is 1.38. The maximum Gasteiger partial charge on any atom is 0.0270 e. The third-order valence-electron chi connectivity index (χ3n) is 1.59. The number of aromatic nitrogens is 1. The van der Waals surface area contributed by atoms with Crippen LogP contribution in [0.5, 0.6) is 0 Å². The van der Waals surface area contributed by atoms with E-state index in [0.717, 1.165) is 5.75 Å². The van der Waals surface area contributed by atoms with Crippen LogP contribution in [0.2, 0.25) is 0 Å². The molecular weight excluding hydrogens is 198 g/mol. The molecule has 0 N–H and O–H groups in total. The topological polar surface area (TPSA) is 12.9 Å². The van der Waals surface area contributed by atoms with Crippen LogP contribution in [0.1, 0.15) is 12.5 Å². The second-order valence-corrected chi connectivity index (χ2v) is 5.10. The van der Waals surface area contributed by atoms with Gasteiger partial charge in [0.05, 0.1) is 0 Å². The summed E-state index contributed by atoms with van der Waals surface area (Å²) in [6.45, 7) is 2.21. The Kier molecular flexibility index (Phi) is 6.11. The lowest BCUT2D eigenvalue weighted by atomic mass is 10.3. The highest BCUT2D eigenvalue weighted by atomic mass is 32.2. The van der Waals surface area contributed by atoms with Crippen molar-refractivity contribution in [2.24, 2.45) is 0 Å². The molecule has 3 heteroatoms. The van der Waals surface area contributed by atoms with E-state index in [2.05, 4.69) is 24.0 Å². The molecular formula is C10H15NS2. The Morgan fingerprint density at radius 1 is 1.15 bits per heavy atom. The largest absolute Gasteiger partial charge is 0.265 e. The molecule has 0 amide bonds. The number of pyridine rings is 1. The molecule has 0 radical (unpaired) electrons. The van der Waals surface area contributed by atoms with Crippen LogP contribution in [-0.4, -0.2) is 22.2 Å². The van der Waals surface area contributed by atoms with Crippen molar-refractivity contribution < 1.29 is 0 Å². The molecule has 0 spiro atoms. The van der Waals surface area contributed by atoms with Gasteiger partial charge in [0.2, 0.25) is 0 Å². The van der Waals surface area contributed by atoms with Crippen molar-refractivity contribution in [1.29, 1.82) is 0 Å². The van der Waals surface area contributed by atoms with Crippen molar-refractivity contribution in [2.75, 3.05) is 17.3 Å². The Morgan fingerprint density at radius 3 is 2.54 bits per heavy atom. The minimum absolute atomic E-state index is 1.12. The predicted molar refractivity (Wildman–Crippen MR) is 63.4 cm³/mol. The minimum atomic E-state index is 1.12. The summed E-state index contributed by atoms with van der Waals surface area (Å²) < 4.78 is 0. The molecule has 0 aromatic carbocycles. The highest BCUT2D eigenvalue weighted by molar-refractivity contribution is 8.02. The van der Waals surface area contributed by atoms with E-state index in [1.54, 1.807) is 0 Å². The minimum Gasteiger partial charge on any atom is -0.265 e. The Balaban J connectivity index is 2.07. The van der Waals surface area contributed by atoms with Gasteiger partial charge in [0.1, 0.15) is 0 Å². The second-order valence-electron chi connectivity index (χ2n) is 2.60. The summed E-state index contributed by atoms with van der Waals surface area (Å²) >= 11 is 4.01. The van der Waals surface area contributed by atoms with E-state index in [9.17, 15) is 0 Å². The van der Waals surface area contributed by atoms with Crippen LogP contribution in [-0.2, 0) is 5.75 Å². The molecule has 1 heterocycles. The van der Waals surface area contributed by atoms with Crippen LogP contribution in [0.15, 0.2) is 24.5 Å². The van der Waals surface area contributed by atoms with Gasteiger partial charge in [-0.3, -0.25) is 4.98 Å². The first-order valence-corrected chi connectivity index (χ1v) is 6.79. The van der Waals surface area contributed by atoms with Gasteiger partial charge >= 0.3 is 0 Å². The summed E-state index contributed by atoms with van der Waals surface area (Å²) in [6.07, 6.45) is 3.72. The molecule has 0 bridgehead atoms. The quantitative estimate of drug-likeness (QED) is 0.674. The molecule has 0 atom stereocenters. The zero-order valence-corrected chi connectivity index (χ0v) is 9.53. The predicted octanol–water partition coefficient (Wildman–Crippen LogP) is 3.07. The van der Waals surface area contributed by atoms with Crippen LogP contribution in [0, 0.1) is 0 Å². The van der Waals surface area contributed by atoms with E-state index >= 15 is 0 Å². The normalized spacial score (nSPS) is 10.2. The lowest BCUT2D eigenvalue weighted by Gasteiger charge is -2.00. The average molecular weight is 213 g/mol. The average Bonchev–Trinajstić information content (AvgIpc) is 2.19. The summed E-state index contributed by atoms with van der Waals surface area (Å²) in [7, 11) is 0. The van der Waals surface area contributed by atoms with Gasteiger partial charge in [-0.2, -0.15) is 23.5 Å². The van der Waals surface area contributed by atoms with Crippen molar-refractivity contribution in [3.8, 4) is 0 Å². The number of hydrogen-bond acceptors (Lipinski definition) is 3. The number of nitrogens with zero attached hydrogens (tertiary/aromatic N) is 1. The van der Waals surface area contributed by atoms with E-state index in [-0.39, 0.29) is 0 Å². The van der Waals surface area contributed by atoms with Crippen molar-refractivity contribution >= 4 is 23.5 Å². The maximum absolute atomic E-state index is 3.99. The molecule has 1 aromatic rings. The SMILES string of the molecule is CCSCCSCc1ccncc1. The van der Waals surface area contributed by atoms with E-state index < -0.39 is 0 Å². The lowest BCUT2D eigenvalue weighted by Crippen LogP contribution is -1.87. The van der Waals surface area contributed by atoms with Crippen molar-refractivity contribution in [3.63, 3.8) is 0 Å². The van der Waals surface area contributed by atoms with Crippen LogP contribution in [0.4, 0.5) is 0 Å². The molecule has 1 nitrogen and oxygen atoms in total. The zero-order valence-electron chi connectivity index (χ0n) is 7.90. The molecule has 0 aliphatic heterocycles. The van der Waals surface area contributed by atoms with Crippen molar-refractivity contribution in [1.82, 2.24) is 4.98 Å². The number of rotatable bonds is 6. The fourth-order valence-electron chi connectivity index (χ4n) is 0.931. The first-order chi connectivity index (χ1) is 6.43. The van der Waals surface area contributed by atoms with Gasteiger partial charge in [-0.15, -0.1) is 0 Å². The highest BCUT2D eigenvalue weighted by Crippen LogP contribution is 2.12.